The number of hydrogen-bond donors (Lipinski definition) is 1. The fourth-order valence-corrected chi connectivity index (χ4v) is 6.48. The minimum Gasteiger partial charge on any atom is -0.508 e. The Balaban J connectivity index is 1.37. The average molecular weight is 503 g/mol. The van der Waals surface area contributed by atoms with Gasteiger partial charge in [0, 0.05) is 44.6 Å². The van der Waals surface area contributed by atoms with Crippen molar-refractivity contribution in [2.75, 3.05) is 26.7 Å². The van der Waals surface area contributed by atoms with Gasteiger partial charge in [-0.15, -0.1) is 0 Å². The van der Waals surface area contributed by atoms with E-state index in [9.17, 15) is 14.7 Å². The lowest BCUT2D eigenvalue weighted by Crippen LogP contribution is -2.56. The molecule has 0 radical (unpaired) electrons. The summed E-state index contributed by atoms with van der Waals surface area (Å²) in [6, 6.07) is 15.1. The number of carbonyl (C=O) groups is 2. The summed E-state index contributed by atoms with van der Waals surface area (Å²) in [5.74, 6) is 1.83. The van der Waals surface area contributed by atoms with Gasteiger partial charge in [0.15, 0.2) is 0 Å². The number of ether oxygens (including phenoxy) is 1. The number of rotatable bonds is 7. The number of carbonyl (C=O) groups excluding carboxylic acids is 2. The SMILES string of the molecule is CC(=O)Oc1cccc(C23CCN(CC4CC4)CC2CCC(N(C)C(=O)/C=C/c2cccc(O)c2)C3)c1. The average Bonchev–Trinajstić information content (AvgIpc) is 3.70. The Labute approximate surface area is 219 Å². The third kappa shape index (κ3) is 5.90. The number of phenolic OH excluding ortho intramolecular Hbond substituents is 1. The number of likely N-dealkylation sites (N-methyl/N-ethyl adjacent to an activating group) is 1. The van der Waals surface area contributed by atoms with Crippen LogP contribution in [-0.4, -0.2) is 59.5 Å². The molecule has 6 heteroatoms. The number of amides is 1. The molecule has 3 atom stereocenters. The van der Waals surface area contributed by atoms with Crippen LogP contribution in [0.2, 0.25) is 0 Å². The Morgan fingerprint density at radius 2 is 1.95 bits per heavy atom. The summed E-state index contributed by atoms with van der Waals surface area (Å²) >= 11 is 0. The van der Waals surface area contributed by atoms with Crippen molar-refractivity contribution in [3.05, 3.63) is 65.7 Å². The second-order valence-electron chi connectivity index (χ2n) is 11.2. The topological polar surface area (TPSA) is 70.1 Å². The van der Waals surface area contributed by atoms with Gasteiger partial charge >= 0.3 is 5.97 Å². The molecule has 3 aliphatic rings. The highest BCUT2D eigenvalue weighted by molar-refractivity contribution is 5.91. The molecule has 37 heavy (non-hydrogen) atoms. The summed E-state index contributed by atoms with van der Waals surface area (Å²) in [6.45, 7) is 4.80. The van der Waals surface area contributed by atoms with Gasteiger partial charge in [-0.3, -0.25) is 9.59 Å². The summed E-state index contributed by atoms with van der Waals surface area (Å²) < 4.78 is 5.46. The zero-order chi connectivity index (χ0) is 26.0. The van der Waals surface area contributed by atoms with E-state index in [-0.39, 0.29) is 29.1 Å². The van der Waals surface area contributed by atoms with Crippen LogP contribution in [0.1, 0.15) is 56.6 Å². The van der Waals surface area contributed by atoms with Gasteiger partial charge in [-0.05, 0) is 98.4 Å². The first kappa shape index (κ1) is 25.5. The van der Waals surface area contributed by atoms with Crippen LogP contribution in [0.5, 0.6) is 11.5 Å². The fourth-order valence-electron chi connectivity index (χ4n) is 6.48. The minimum absolute atomic E-state index is 0.0261. The van der Waals surface area contributed by atoms with Gasteiger partial charge in [-0.25, -0.2) is 0 Å². The number of benzene rings is 2. The summed E-state index contributed by atoms with van der Waals surface area (Å²) in [5, 5.41) is 9.72. The maximum Gasteiger partial charge on any atom is 0.308 e. The van der Waals surface area contributed by atoms with Crippen molar-refractivity contribution < 1.29 is 19.4 Å². The normalized spacial score (nSPS) is 26.0. The molecule has 1 aliphatic heterocycles. The molecule has 2 aromatic carbocycles. The molecule has 196 valence electrons. The second-order valence-corrected chi connectivity index (χ2v) is 11.2. The van der Waals surface area contributed by atoms with E-state index in [0.29, 0.717) is 11.7 Å². The number of aromatic hydroxyl groups is 1. The molecule has 1 amide bonds. The number of hydrogen-bond acceptors (Lipinski definition) is 5. The van der Waals surface area contributed by atoms with Gasteiger partial charge in [0.05, 0.1) is 0 Å². The largest absolute Gasteiger partial charge is 0.508 e. The van der Waals surface area contributed by atoms with Crippen LogP contribution in [-0.2, 0) is 15.0 Å². The lowest BCUT2D eigenvalue weighted by Gasteiger charge is -2.54. The van der Waals surface area contributed by atoms with Gasteiger partial charge in [0.25, 0.3) is 0 Å². The Morgan fingerprint density at radius 3 is 2.70 bits per heavy atom. The molecule has 2 aliphatic carbocycles. The molecule has 1 heterocycles. The lowest BCUT2D eigenvalue weighted by molar-refractivity contribution is -0.132. The molecule has 1 saturated heterocycles. The van der Waals surface area contributed by atoms with E-state index >= 15 is 0 Å². The molecule has 5 rings (SSSR count). The van der Waals surface area contributed by atoms with Crippen LogP contribution < -0.4 is 4.74 Å². The number of piperidine rings is 1. The van der Waals surface area contributed by atoms with Gasteiger partial charge in [-0.1, -0.05) is 24.3 Å². The Bertz CT molecular complexity index is 1170. The number of nitrogens with zero attached hydrogens (tertiary/aromatic N) is 2. The van der Waals surface area contributed by atoms with E-state index in [4.69, 9.17) is 4.74 Å². The lowest BCUT2D eigenvalue weighted by atomic mass is 9.57. The molecular weight excluding hydrogens is 464 g/mol. The van der Waals surface area contributed by atoms with Crippen LogP contribution in [0, 0.1) is 11.8 Å². The standard InChI is InChI=1S/C31H38N2O4/c1-22(34)37-29-8-4-6-25(18-29)31-15-16-33(20-24-9-10-24)21-26(31)12-13-27(19-31)32(2)30(36)14-11-23-5-3-7-28(35)17-23/h3-8,11,14,17-18,24,26-27,35H,9-10,12-13,15-16,19-21H2,1-2H3/b14-11+. The number of fused-ring (bicyclic) bond motifs is 1. The zero-order valence-electron chi connectivity index (χ0n) is 21.9. The molecule has 6 nitrogen and oxygen atoms in total. The first-order chi connectivity index (χ1) is 17.8. The van der Waals surface area contributed by atoms with Crippen LogP contribution >= 0.6 is 0 Å². The van der Waals surface area contributed by atoms with E-state index in [2.05, 4.69) is 17.0 Å². The van der Waals surface area contributed by atoms with Crippen molar-refractivity contribution in [3.8, 4) is 11.5 Å². The molecular formula is C31H38N2O4. The summed E-state index contributed by atoms with van der Waals surface area (Å²) in [4.78, 5) is 29.4. The molecule has 0 spiro atoms. The fraction of sp³-hybridized carbons (Fsp3) is 0.484. The number of esters is 1. The van der Waals surface area contributed by atoms with E-state index in [1.54, 1.807) is 30.4 Å². The summed E-state index contributed by atoms with van der Waals surface area (Å²) in [7, 11) is 1.91. The minimum atomic E-state index is -0.309. The van der Waals surface area contributed by atoms with E-state index in [1.807, 2.05) is 30.1 Å². The maximum absolute atomic E-state index is 13.2. The predicted octanol–water partition coefficient (Wildman–Crippen LogP) is 5.01. The smallest absolute Gasteiger partial charge is 0.308 e. The van der Waals surface area contributed by atoms with Gasteiger partial charge in [0.2, 0.25) is 5.91 Å². The monoisotopic (exact) mass is 502 g/mol. The quantitative estimate of drug-likeness (QED) is 0.327. The van der Waals surface area contributed by atoms with Gasteiger partial charge in [-0.2, -0.15) is 0 Å². The summed E-state index contributed by atoms with van der Waals surface area (Å²) in [6.07, 6.45) is 10.1. The van der Waals surface area contributed by atoms with Gasteiger partial charge < -0.3 is 19.6 Å². The van der Waals surface area contributed by atoms with Crippen LogP contribution in [0.4, 0.5) is 0 Å². The van der Waals surface area contributed by atoms with Crippen molar-refractivity contribution in [2.24, 2.45) is 11.8 Å². The summed E-state index contributed by atoms with van der Waals surface area (Å²) in [5.41, 5.74) is 1.97. The van der Waals surface area contributed by atoms with Crippen LogP contribution in [0.3, 0.4) is 0 Å². The number of likely N-dealkylation sites (tertiary alicyclic amines) is 1. The van der Waals surface area contributed by atoms with Crippen molar-refractivity contribution >= 4 is 18.0 Å². The van der Waals surface area contributed by atoms with Crippen molar-refractivity contribution in [3.63, 3.8) is 0 Å². The molecule has 2 aromatic rings. The zero-order valence-corrected chi connectivity index (χ0v) is 21.9. The van der Waals surface area contributed by atoms with E-state index in [1.165, 1.54) is 31.9 Å². The predicted molar refractivity (Wildman–Crippen MR) is 144 cm³/mol. The molecule has 1 N–H and O–H groups in total. The highest BCUT2D eigenvalue weighted by Crippen LogP contribution is 2.51. The third-order valence-corrected chi connectivity index (χ3v) is 8.65. The van der Waals surface area contributed by atoms with Gasteiger partial charge in [0.1, 0.15) is 11.5 Å². The molecule has 3 fully saturated rings. The Morgan fingerprint density at radius 1 is 1.14 bits per heavy atom. The Kier molecular flexibility index (Phi) is 7.38. The first-order valence-corrected chi connectivity index (χ1v) is 13.6. The second kappa shape index (κ2) is 10.7. The third-order valence-electron chi connectivity index (χ3n) is 8.65. The number of phenols is 1. The first-order valence-electron chi connectivity index (χ1n) is 13.6. The molecule has 2 saturated carbocycles. The highest BCUT2D eigenvalue weighted by atomic mass is 16.5. The molecule has 3 unspecified atom stereocenters. The maximum atomic E-state index is 13.2. The van der Waals surface area contributed by atoms with Crippen LogP contribution in [0.15, 0.2) is 54.6 Å². The highest BCUT2D eigenvalue weighted by Gasteiger charge is 2.49. The van der Waals surface area contributed by atoms with Crippen molar-refractivity contribution in [2.45, 2.75) is 56.9 Å². The van der Waals surface area contributed by atoms with E-state index in [0.717, 1.165) is 50.3 Å². The van der Waals surface area contributed by atoms with E-state index < -0.39 is 0 Å². The Hall–Kier alpha value is -3.12. The van der Waals surface area contributed by atoms with Crippen molar-refractivity contribution in [1.29, 1.82) is 0 Å². The van der Waals surface area contributed by atoms with Crippen molar-refractivity contribution in [1.82, 2.24) is 9.80 Å². The van der Waals surface area contributed by atoms with Crippen LogP contribution in [0.25, 0.3) is 6.08 Å². The molecule has 0 bridgehead atoms. The molecule has 0 aromatic heterocycles.